The summed E-state index contributed by atoms with van der Waals surface area (Å²) in [5.74, 6) is -2.19. The van der Waals surface area contributed by atoms with E-state index in [1.807, 2.05) is 30.3 Å². The van der Waals surface area contributed by atoms with E-state index in [0.29, 0.717) is 0 Å². The van der Waals surface area contributed by atoms with Gasteiger partial charge in [-0.05, 0) is 32.8 Å². The molecule has 0 fully saturated rings. The molecule has 0 bridgehead atoms. The number of carbonyl (C=O) groups is 3. The standard InChI is InChI=1S/C17H23NO5/c1-17(2,3)23-16(22)18-11-14(19)10-13(15(20)21)9-12-7-5-4-6-8-12/h4-8,13H,9-11H2,1-3H3,(H,18,22)(H,20,21)/t13-/m1/s1. The van der Waals surface area contributed by atoms with Gasteiger partial charge in [-0.25, -0.2) is 4.79 Å². The van der Waals surface area contributed by atoms with Gasteiger partial charge in [-0.2, -0.15) is 0 Å². The number of Topliss-reactive ketones (excluding diaryl/α,β-unsaturated/α-hetero) is 1. The molecular formula is C17H23NO5. The van der Waals surface area contributed by atoms with E-state index in [1.165, 1.54) is 0 Å². The second kappa shape index (κ2) is 8.31. The third-order valence-electron chi connectivity index (χ3n) is 2.98. The van der Waals surface area contributed by atoms with Crippen LogP contribution in [0.5, 0.6) is 0 Å². The minimum atomic E-state index is -1.03. The third kappa shape index (κ3) is 7.99. The summed E-state index contributed by atoms with van der Waals surface area (Å²) in [6.07, 6.45) is -0.560. The molecule has 1 aromatic rings. The Morgan fingerprint density at radius 2 is 1.78 bits per heavy atom. The number of nitrogens with one attached hydrogen (secondary N) is 1. The van der Waals surface area contributed by atoms with Crippen LogP contribution in [-0.4, -0.2) is 35.1 Å². The normalized spacial score (nSPS) is 12.3. The number of amides is 1. The quantitative estimate of drug-likeness (QED) is 0.804. The summed E-state index contributed by atoms with van der Waals surface area (Å²) in [5.41, 5.74) is 0.206. The minimum absolute atomic E-state index is 0.139. The average Bonchev–Trinajstić information content (AvgIpc) is 2.43. The van der Waals surface area contributed by atoms with Gasteiger partial charge in [0.05, 0.1) is 12.5 Å². The molecule has 23 heavy (non-hydrogen) atoms. The SMILES string of the molecule is CC(C)(C)OC(=O)NCC(=O)C[C@@H](Cc1ccccc1)C(=O)O. The molecule has 1 amide bonds. The molecule has 0 aromatic heterocycles. The molecule has 0 spiro atoms. The Morgan fingerprint density at radius 1 is 1.17 bits per heavy atom. The highest BCUT2D eigenvalue weighted by molar-refractivity contribution is 5.87. The maximum absolute atomic E-state index is 11.9. The summed E-state index contributed by atoms with van der Waals surface area (Å²) in [6, 6.07) is 9.12. The van der Waals surface area contributed by atoms with E-state index in [4.69, 9.17) is 4.74 Å². The maximum Gasteiger partial charge on any atom is 0.408 e. The van der Waals surface area contributed by atoms with E-state index in [9.17, 15) is 19.5 Å². The maximum atomic E-state index is 11.9. The lowest BCUT2D eigenvalue weighted by atomic mass is 9.94. The molecule has 0 aliphatic heterocycles. The van der Waals surface area contributed by atoms with E-state index in [0.717, 1.165) is 5.56 Å². The van der Waals surface area contributed by atoms with Gasteiger partial charge in [0.1, 0.15) is 5.60 Å². The number of ether oxygens (including phenoxy) is 1. The molecule has 0 unspecified atom stereocenters. The number of benzene rings is 1. The van der Waals surface area contributed by atoms with Gasteiger partial charge in [0.2, 0.25) is 0 Å². The van der Waals surface area contributed by atoms with Crippen LogP contribution in [0.15, 0.2) is 30.3 Å². The average molecular weight is 321 g/mol. The molecule has 1 rings (SSSR count). The van der Waals surface area contributed by atoms with Crippen molar-refractivity contribution in [1.29, 1.82) is 0 Å². The molecule has 6 heteroatoms. The number of rotatable bonds is 7. The van der Waals surface area contributed by atoms with Crippen molar-refractivity contribution in [3.63, 3.8) is 0 Å². The van der Waals surface area contributed by atoms with Crippen LogP contribution in [0.3, 0.4) is 0 Å². The molecule has 0 aliphatic carbocycles. The fraction of sp³-hybridized carbons (Fsp3) is 0.471. The highest BCUT2D eigenvalue weighted by Crippen LogP contribution is 2.13. The molecule has 0 aliphatic rings. The molecule has 126 valence electrons. The number of ketones is 1. The van der Waals surface area contributed by atoms with Crippen LogP contribution < -0.4 is 5.32 Å². The number of alkyl carbamates (subject to hydrolysis) is 1. The molecule has 0 radical (unpaired) electrons. The predicted molar refractivity (Wildman–Crippen MR) is 85.1 cm³/mol. The topological polar surface area (TPSA) is 92.7 Å². The van der Waals surface area contributed by atoms with Crippen LogP contribution in [0.2, 0.25) is 0 Å². The molecule has 2 N–H and O–H groups in total. The Kier molecular flexibility index (Phi) is 6.75. The summed E-state index contributed by atoms with van der Waals surface area (Å²) in [4.78, 5) is 34.7. The Bertz CT molecular complexity index is 548. The van der Waals surface area contributed by atoms with Crippen molar-refractivity contribution < 1.29 is 24.2 Å². The van der Waals surface area contributed by atoms with E-state index in [-0.39, 0.29) is 25.2 Å². The first kappa shape index (κ1) is 18.7. The van der Waals surface area contributed by atoms with Crippen molar-refractivity contribution in [2.75, 3.05) is 6.54 Å². The molecule has 0 saturated carbocycles. The molecule has 1 atom stereocenters. The van der Waals surface area contributed by atoms with E-state index >= 15 is 0 Å². The van der Waals surface area contributed by atoms with Crippen molar-refractivity contribution in [3.05, 3.63) is 35.9 Å². The summed E-state index contributed by atoms with van der Waals surface area (Å²) in [6.45, 7) is 4.91. The lowest BCUT2D eigenvalue weighted by Gasteiger charge is -2.19. The van der Waals surface area contributed by atoms with Crippen LogP contribution in [0.25, 0.3) is 0 Å². The van der Waals surface area contributed by atoms with Gasteiger partial charge in [0.15, 0.2) is 5.78 Å². The van der Waals surface area contributed by atoms with Crippen LogP contribution in [0.4, 0.5) is 4.79 Å². The summed E-state index contributed by atoms with van der Waals surface area (Å²) in [5, 5.41) is 11.6. The number of hydrogen-bond donors (Lipinski definition) is 2. The van der Waals surface area contributed by atoms with E-state index in [2.05, 4.69) is 5.32 Å². The molecule has 0 saturated heterocycles. The molecule has 0 heterocycles. The number of carboxylic acids is 1. The smallest absolute Gasteiger partial charge is 0.408 e. The van der Waals surface area contributed by atoms with Crippen molar-refractivity contribution in [3.8, 4) is 0 Å². The van der Waals surface area contributed by atoms with Gasteiger partial charge < -0.3 is 15.2 Å². The zero-order valence-corrected chi connectivity index (χ0v) is 13.7. The number of hydrogen-bond acceptors (Lipinski definition) is 4. The largest absolute Gasteiger partial charge is 0.481 e. The molecule has 1 aromatic carbocycles. The zero-order chi connectivity index (χ0) is 17.5. The fourth-order valence-electron chi connectivity index (χ4n) is 1.98. The van der Waals surface area contributed by atoms with Gasteiger partial charge in [-0.1, -0.05) is 30.3 Å². The minimum Gasteiger partial charge on any atom is -0.481 e. The van der Waals surface area contributed by atoms with Crippen molar-refractivity contribution in [2.24, 2.45) is 5.92 Å². The first-order valence-electron chi connectivity index (χ1n) is 7.42. The predicted octanol–water partition coefficient (Wildman–Crippen LogP) is 2.41. The van der Waals surface area contributed by atoms with E-state index in [1.54, 1.807) is 20.8 Å². The van der Waals surface area contributed by atoms with Crippen LogP contribution in [0, 0.1) is 5.92 Å². The highest BCUT2D eigenvalue weighted by atomic mass is 16.6. The Labute approximate surface area is 135 Å². The second-order valence-corrected chi connectivity index (χ2v) is 6.32. The third-order valence-corrected chi connectivity index (χ3v) is 2.98. The number of carbonyl (C=O) groups excluding carboxylic acids is 2. The van der Waals surface area contributed by atoms with Crippen LogP contribution in [0.1, 0.15) is 32.8 Å². The van der Waals surface area contributed by atoms with Gasteiger partial charge in [0, 0.05) is 6.42 Å². The first-order valence-corrected chi connectivity index (χ1v) is 7.42. The molecule has 6 nitrogen and oxygen atoms in total. The number of aliphatic carboxylic acids is 1. The lowest BCUT2D eigenvalue weighted by Crippen LogP contribution is -2.36. The zero-order valence-electron chi connectivity index (χ0n) is 13.7. The monoisotopic (exact) mass is 321 g/mol. The summed E-state index contributed by atoms with van der Waals surface area (Å²) >= 11 is 0. The van der Waals surface area contributed by atoms with Crippen LogP contribution in [-0.2, 0) is 20.7 Å². The number of carboxylic acid groups (broad SMARTS) is 1. The Hall–Kier alpha value is -2.37. The van der Waals surface area contributed by atoms with Crippen molar-refractivity contribution in [1.82, 2.24) is 5.32 Å². The van der Waals surface area contributed by atoms with Gasteiger partial charge in [-0.15, -0.1) is 0 Å². The van der Waals surface area contributed by atoms with Crippen molar-refractivity contribution in [2.45, 2.75) is 39.2 Å². The summed E-state index contributed by atoms with van der Waals surface area (Å²) < 4.78 is 5.02. The van der Waals surface area contributed by atoms with Gasteiger partial charge >= 0.3 is 12.1 Å². The summed E-state index contributed by atoms with van der Waals surface area (Å²) in [7, 11) is 0. The van der Waals surface area contributed by atoms with Crippen LogP contribution >= 0.6 is 0 Å². The molecular weight excluding hydrogens is 298 g/mol. The van der Waals surface area contributed by atoms with E-state index < -0.39 is 23.6 Å². The van der Waals surface area contributed by atoms with Gasteiger partial charge in [0.25, 0.3) is 0 Å². The second-order valence-electron chi connectivity index (χ2n) is 6.32. The lowest BCUT2D eigenvalue weighted by molar-refractivity contribution is -0.143. The highest BCUT2D eigenvalue weighted by Gasteiger charge is 2.22. The Balaban J connectivity index is 2.49. The fourth-order valence-corrected chi connectivity index (χ4v) is 1.98. The van der Waals surface area contributed by atoms with Gasteiger partial charge in [-0.3, -0.25) is 9.59 Å². The Morgan fingerprint density at radius 3 is 2.30 bits per heavy atom. The van der Waals surface area contributed by atoms with Crippen molar-refractivity contribution >= 4 is 17.8 Å². The first-order chi connectivity index (χ1) is 10.7.